The normalized spacial score (nSPS) is 9.80. The SMILES string of the molecule is COc1cc(OC)cc(OCCCN)c1. The molecule has 0 saturated heterocycles. The predicted octanol–water partition coefficient (Wildman–Crippen LogP) is 1.43. The van der Waals surface area contributed by atoms with Crippen molar-refractivity contribution in [2.24, 2.45) is 5.73 Å². The van der Waals surface area contributed by atoms with Gasteiger partial charge in [-0.25, -0.2) is 0 Å². The van der Waals surface area contributed by atoms with E-state index < -0.39 is 0 Å². The summed E-state index contributed by atoms with van der Waals surface area (Å²) >= 11 is 0. The van der Waals surface area contributed by atoms with Crippen molar-refractivity contribution >= 4 is 0 Å². The molecule has 0 radical (unpaired) electrons. The fourth-order valence-electron chi connectivity index (χ4n) is 1.14. The molecule has 4 nitrogen and oxygen atoms in total. The lowest BCUT2D eigenvalue weighted by Crippen LogP contribution is -2.06. The maximum absolute atomic E-state index is 5.49. The van der Waals surface area contributed by atoms with Crippen LogP contribution in [0.5, 0.6) is 17.2 Å². The van der Waals surface area contributed by atoms with Crippen molar-refractivity contribution in [3.8, 4) is 17.2 Å². The van der Waals surface area contributed by atoms with Crippen LogP contribution in [0.2, 0.25) is 0 Å². The second-order valence-corrected chi connectivity index (χ2v) is 3.04. The molecule has 0 amide bonds. The molecule has 0 aromatic heterocycles. The molecule has 0 aliphatic carbocycles. The first-order valence-corrected chi connectivity index (χ1v) is 4.86. The van der Waals surface area contributed by atoms with Crippen molar-refractivity contribution in [2.45, 2.75) is 6.42 Å². The quantitative estimate of drug-likeness (QED) is 0.723. The molecular weight excluding hydrogens is 194 g/mol. The van der Waals surface area contributed by atoms with Crippen LogP contribution in [0.4, 0.5) is 0 Å². The molecule has 0 fully saturated rings. The van der Waals surface area contributed by atoms with Gasteiger partial charge in [0.05, 0.1) is 20.8 Å². The van der Waals surface area contributed by atoms with Crippen molar-refractivity contribution in [1.82, 2.24) is 0 Å². The van der Waals surface area contributed by atoms with E-state index in [4.69, 9.17) is 19.9 Å². The van der Waals surface area contributed by atoms with Gasteiger partial charge in [-0.15, -0.1) is 0 Å². The van der Waals surface area contributed by atoms with Crippen molar-refractivity contribution < 1.29 is 14.2 Å². The summed E-state index contributed by atoms with van der Waals surface area (Å²) in [5.41, 5.74) is 5.38. The zero-order valence-corrected chi connectivity index (χ0v) is 9.16. The monoisotopic (exact) mass is 211 g/mol. The van der Waals surface area contributed by atoms with E-state index in [1.54, 1.807) is 20.3 Å². The van der Waals surface area contributed by atoms with E-state index in [1.807, 2.05) is 12.1 Å². The van der Waals surface area contributed by atoms with E-state index in [1.165, 1.54) is 0 Å². The van der Waals surface area contributed by atoms with Crippen LogP contribution in [0.1, 0.15) is 6.42 Å². The minimum atomic E-state index is 0.604. The first-order chi connectivity index (χ1) is 7.30. The lowest BCUT2D eigenvalue weighted by atomic mass is 10.3. The molecule has 0 saturated carbocycles. The van der Waals surface area contributed by atoms with E-state index in [0.29, 0.717) is 13.2 Å². The van der Waals surface area contributed by atoms with Gasteiger partial charge in [-0.1, -0.05) is 0 Å². The van der Waals surface area contributed by atoms with Gasteiger partial charge in [-0.2, -0.15) is 0 Å². The molecule has 0 atom stereocenters. The van der Waals surface area contributed by atoms with E-state index >= 15 is 0 Å². The Morgan fingerprint density at radius 1 is 1.00 bits per heavy atom. The molecule has 0 heterocycles. The average Bonchev–Trinajstić information content (AvgIpc) is 2.29. The van der Waals surface area contributed by atoms with Crippen LogP contribution in [0.15, 0.2) is 18.2 Å². The molecule has 84 valence electrons. The van der Waals surface area contributed by atoms with Crippen molar-refractivity contribution in [3.63, 3.8) is 0 Å². The largest absolute Gasteiger partial charge is 0.496 e. The number of rotatable bonds is 6. The van der Waals surface area contributed by atoms with Crippen molar-refractivity contribution in [1.29, 1.82) is 0 Å². The number of hydrogen-bond donors (Lipinski definition) is 1. The lowest BCUT2D eigenvalue weighted by molar-refractivity contribution is 0.307. The molecule has 4 heteroatoms. The van der Waals surface area contributed by atoms with Crippen molar-refractivity contribution in [3.05, 3.63) is 18.2 Å². The summed E-state index contributed by atoms with van der Waals surface area (Å²) in [6.07, 6.45) is 0.833. The molecule has 1 rings (SSSR count). The number of ether oxygens (including phenoxy) is 3. The molecule has 2 N–H and O–H groups in total. The Morgan fingerprint density at radius 2 is 1.53 bits per heavy atom. The fraction of sp³-hybridized carbons (Fsp3) is 0.455. The van der Waals surface area contributed by atoms with Gasteiger partial charge in [-0.05, 0) is 13.0 Å². The van der Waals surface area contributed by atoms with Crippen LogP contribution in [0.25, 0.3) is 0 Å². The summed E-state index contributed by atoms with van der Waals surface area (Å²) in [5.74, 6) is 2.17. The summed E-state index contributed by atoms with van der Waals surface area (Å²) in [7, 11) is 3.22. The number of benzene rings is 1. The third kappa shape index (κ3) is 3.67. The first kappa shape index (κ1) is 11.7. The number of methoxy groups -OCH3 is 2. The summed E-state index contributed by atoms with van der Waals surface area (Å²) < 4.78 is 15.7. The van der Waals surface area contributed by atoms with Crippen molar-refractivity contribution in [2.75, 3.05) is 27.4 Å². The molecule has 15 heavy (non-hydrogen) atoms. The lowest BCUT2D eigenvalue weighted by Gasteiger charge is -2.09. The standard InChI is InChI=1S/C11H17NO3/c1-13-9-6-10(14-2)8-11(7-9)15-5-3-4-12/h6-8H,3-5,12H2,1-2H3. The highest BCUT2D eigenvalue weighted by atomic mass is 16.5. The first-order valence-electron chi connectivity index (χ1n) is 4.86. The Morgan fingerprint density at radius 3 is 2.00 bits per heavy atom. The second kappa shape index (κ2) is 6.14. The molecule has 0 bridgehead atoms. The third-order valence-corrected chi connectivity index (χ3v) is 1.94. The molecule has 1 aromatic carbocycles. The number of nitrogens with two attached hydrogens (primary N) is 1. The zero-order valence-electron chi connectivity index (χ0n) is 9.16. The average molecular weight is 211 g/mol. The van der Waals surface area contributed by atoms with Gasteiger partial charge in [0.1, 0.15) is 17.2 Å². The van der Waals surface area contributed by atoms with Gasteiger partial charge in [0.2, 0.25) is 0 Å². The van der Waals surface area contributed by atoms with Crippen LogP contribution in [-0.4, -0.2) is 27.4 Å². The predicted molar refractivity (Wildman–Crippen MR) is 58.7 cm³/mol. The van der Waals surface area contributed by atoms with Crippen LogP contribution >= 0.6 is 0 Å². The molecule has 0 aliphatic rings. The minimum Gasteiger partial charge on any atom is -0.496 e. The maximum atomic E-state index is 5.49. The second-order valence-electron chi connectivity index (χ2n) is 3.04. The van der Waals surface area contributed by atoms with E-state index in [0.717, 1.165) is 23.7 Å². The number of hydrogen-bond acceptors (Lipinski definition) is 4. The molecule has 0 aliphatic heterocycles. The Balaban J connectivity index is 2.68. The van der Waals surface area contributed by atoms with Gasteiger partial charge in [0, 0.05) is 18.2 Å². The van der Waals surface area contributed by atoms with Gasteiger partial charge >= 0.3 is 0 Å². The van der Waals surface area contributed by atoms with E-state index in [-0.39, 0.29) is 0 Å². The summed E-state index contributed by atoms with van der Waals surface area (Å²) in [5, 5.41) is 0. The molecular formula is C11H17NO3. The van der Waals surface area contributed by atoms with Gasteiger partial charge in [-0.3, -0.25) is 0 Å². The Labute approximate surface area is 89.9 Å². The zero-order chi connectivity index (χ0) is 11.1. The maximum Gasteiger partial charge on any atom is 0.126 e. The van der Waals surface area contributed by atoms with Crippen LogP contribution in [0, 0.1) is 0 Å². The fourth-order valence-corrected chi connectivity index (χ4v) is 1.14. The minimum absolute atomic E-state index is 0.604. The summed E-state index contributed by atoms with van der Waals surface area (Å²) in [4.78, 5) is 0. The van der Waals surface area contributed by atoms with E-state index in [9.17, 15) is 0 Å². The van der Waals surface area contributed by atoms with Gasteiger partial charge in [0.25, 0.3) is 0 Å². The molecule has 0 spiro atoms. The Kier molecular flexibility index (Phi) is 4.77. The third-order valence-electron chi connectivity index (χ3n) is 1.94. The van der Waals surface area contributed by atoms with E-state index in [2.05, 4.69) is 0 Å². The highest BCUT2D eigenvalue weighted by Gasteiger charge is 2.02. The smallest absolute Gasteiger partial charge is 0.126 e. The highest BCUT2D eigenvalue weighted by Crippen LogP contribution is 2.27. The van der Waals surface area contributed by atoms with Crippen LogP contribution in [0.3, 0.4) is 0 Å². The Hall–Kier alpha value is -1.42. The summed E-state index contributed by atoms with van der Waals surface area (Å²) in [6.45, 7) is 1.23. The highest BCUT2D eigenvalue weighted by molar-refractivity contribution is 5.41. The topological polar surface area (TPSA) is 53.7 Å². The molecule has 1 aromatic rings. The van der Waals surface area contributed by atoms with Crippen LogP contribution < -0.4 is 19.9 Å². The molecule has 0 unspecified atom stereocenters. The van der Waals surface area contributed by atoms with Gasteiger partial charge < -0.3 is 19.9 Å². The Bertz CT molecular complexity index is 280. The van der Waals surface area contributed by atoms with Crippen LogP contribution in [-0.2, 0) is 0 Å². The van der Waals surface area contributed by atoms with Gasteiger partial charge in [0.15, 0.2) is 0 Å². The summed E-state index contributed by atoms with van der Waals surface area (Å²) in [6, 6.07) is 5.44.